The molecule has 1 aliphatic carbocycles. The molecule has 3 heteroatoms. The fourth-order valence-electron chi connectivity index (χ4n) is 3.64. The average molecular weight is 276 g/mol. The summed E-state index contributed by atoms with van der Waals surface area (Å²) in [7, 11) is 0. The molecular weight excluding hydrogens is 252 g/mol. The van der Waals surface area contributed by atoms with E-state index in [1.165, 1.54) is 5.56 Å². The maximum absolute atomic E-state index is 9.65. The van der Waals surface area contributed by atoms with E-state index in [1.54, 1.807) is 0 Å². The average Bonchev–Trinajstić information content (AvgIpc) is 2.79. The van der Waals surface area contributed by atoms with Gasteiger partial charge in [0.1, 0.15) is 5.75 Å². The van der Waals surface area contributed by atoms with E-state index < -0.39 is 0 Å². The molecule has 20 heavy (non-hydrogen) atoms. The standard InChI is InChI=1S/C17H24O3/c1-11-8-14(4-5-16(11)18)15-6-7-17(12(2)9-15)19-10-13(3)20-17/h4-5,8,12-13,15,18H,6-7,9-10H2,1-3H3. The lowest BCUT2D eigenvalue weighted by atomic mass is 9.75. The van der Waals surface area contributed by atoms with Gasteiger partial charge in [0.25, 0.3) is 0 Å². The molecule has 1 aromatic rings. The van der Waals surface area contributed by atoms with Crippen LogP contribution in [0.25, 0.3) is 0 Å². The van der Waals surface area contributed by atoms with Crippen LogP contribution in [0.3, 0.4) is 0 Å². The largest absolute Gasteiger partial charge is 0.508 e. The maximum Gasteiger partial charge on any atom is 0.171 e. The summed E-state index contributed by atoms with van der Waals surface area (Å²) in [6.07, 6.45) is 3.34. The first kappa shape index (κ1) is 13.9. The van der Waals surface area contributed by atoms with Crippen molar-refractivity contribution in [3.8, 4) is 5.75 Å². The van der Waals surface area contributed by atoms with Gasteiger partial charge in [-0.2, -0.15) is 0 Å². The summed E-state index contributed by atoms with van der Waals surface area (Å²) < 4.78 is 12.0. The summed E-state index contributed by atoms with van der Waals surface area (Å²) in [6, 6.07) is 5.98. The molecule has 0 aromatic heterocycles. The summed E-state index contributed by atoms with van der Waals surface area (Å²) in [5.41, 5.74) is 2.28. The Bertz CT molecular complexity index is 499. The predicted molar refractivity (Wildman–Crippen MR) is 77.8 cm³/mol. The first-order valence-electron chi connectivity index (χ1n) is 7.61. The molecule has 1 N–H and O–H groups in total. The number of aryl methyl sites for hydroxylation is 1. The highest BCUT2D eigenvalue weighted by atomic mass is 16.7. The normalized spacial score (nSPS) is 37.5. The van der Waals surface area contributed by atoms with Gasteiger partial charge in [0.2, 0.25) is 0 Å². The van der Waals surface area contributed by atoms with Gasteiger partial charge in [-0.1, -0.05) is 19.1 Å². The van der Waals surface area contributed by atoms with Crippen LogP contribution in [0.15, 0.2) is 18.2 Å². The van der Waals surface area contributed by atoms with Crippen LogP contribution < -0.4 is 0 Å². The fraction of sp³-hybridized carbons (Fsp3) is 0.647. The minimum atomic E-state index is -0.345. The molecule has 2 fully saturated rings. The van der Waals surface area contributed by atoms with Gasteiger partial charge in [-0.25, -0.2) is 0 Å². The third-order valence-electron chi connectivity index (χ3n) is 4.89. The zero-order valence-corrected chi connectivity index (χ0v) is 12.6. The Morgan fingerprint density at radius 3 is 2.70 bits per heavy atom. The molecule has 0 bridgehead atoms. The zero-order valence-electron chi connectivity index (χ0n) is 12.6. The molecule has 1 spiro atoms. The number of hydrogen-bond donors (Lipinski definition) is 1. The van der Waals surface area contributed by atoms with Crippen molar-refractivity contribution < 1.29 is 14.6 Å². The van der Waals surface area contributed by atoms with Crippen molar-refractivity contribution in [3.63, 3.8) is 0 Å². The van der Waals surface area contributed by atoms with Crippen LogP contribution in [0, 0.1) is 12.8 Å². The number of phenols is 1. The van der Waals surface area contributed by atoms with Crippen LogP contribution in [-0.2, 0) is 9.47 Å². The van der Waals surface area contributed by atoms with Crippen molar-refractivity contribution in [1.29, 1.82) is 0 Å². The van der Waals surface area contributed by atoms with Gasteiger partial charge in [-0.3, -0.25) is 0 Å². The molecule has 1 aliphatic heterocycles. The molecular formula is C17H24O3. The van der Waals surface area contributed by atoms with Crippen molar-refractivity contribution >= 4 is 0 Å². The first-order chi connectivity index (χ1) is 9.50. The molecule has 1 saturated heterocycles. The van der Waals surface area contributed by atoms with E-state index in [-0.39, 0.29) is 11.9 Å². The van der Waals surface area contributed by atoms with E-state index in [4.69, 9.17) is 9.47 Å². The Morgan fingerprint density at radius 1 is 1.30 bits per heavy atom. The van der Waals surface area contributed by atoms with Gasteiger partial charge in [0.15, 0.2) is 5.79 Å². The second kappa shape index (κ2) is 5.05. The molecule has 3 rings (SSSR count). The highest BCUT2D eigenvalue weighted by molar-refractivity contribution is 5.36. The van der Waals surface area contributed by atoms with E-state index >= 15 is 0 Å². The summed E-state index contributed by atoms with van der Waals surface area (Å²) in [6.45, 7) is 6.99. The smallest absolute Gasteiger partial charge is 0.171 e. The summed E-state index contributed by atoms with van der Waals surface area (Å²) in [5.74, 6) is 0.978. The van der Waals surface area contributed by atoms with Crippen molar-refractivity contribution in [2.45, 2.75) is 57.8 Å². The Kier molecular flexibility index (Phi) is 3.51. The zero-order chi connectivity index (χ0) is 14.3. The minimum Gasteiger partial charge on any atom is -0.508 e. The second-order valence-electron chi connectivity index (χ2n) is 6.47. The van der Waals surface area contributed by atoms with E-state index in [2.05, 4.69) is 26.0 Å². The van der Waals surface area contributed by atoms with Crippen LogP contribution in [0.4, 0.5) is 0 Å². The Morgan fingerprint density at radius 2 is 2.10 bits per heavy atom. The van der Waals surface area contributed by atoms with Gasteiger partial charge in [-0.15, -0.1) is 0 Å². The van der Waals surface area contributed by atoms with Crippen LogP contribution in [0.1, 0.15) is 50.2 Å². The van der Waals surface area contributed by atoms with Gasteiger partial charge < -0.3 is 14.6 Å². The quantitative estimate of drug-likeness (QED) is 0.849. The highest BCUT2D eigenvalue weighted by Gasteiger charge is 2.48. The fourth-order valence-corrected chi connectivity index (χ4v) is 3.64. The third-order valence-corrected chi connectivity index (χ3v) is 4.89. The number of hydrogen-bond acceptors (Lipinski definition) is 3. The number of aromatic hydroxyl groups is 1. The first-order valence-corrected chi connectivity index (χ1v) is 7.61. The molecule has 0 radical (unpaired) electrons. The van der Waals surface area contributed by atoms with Crippen molar-refractivity contribution in [2.24, 2.45) is 5.92 Å². The Labute approximate surface area is 120 Å². The lowest BCUT2D eigenvalue weighted by Crippen LogP contribution is -2.42. The molecule has 2 aliphatic rings. The molecule has 1 saturated carbocycles. The van der Waals surface area contributed by atoms with E-state index in [0.717, 1.165) is 24.8 Å². The van der Waals surface area contributed by atoms with Gasteiger partial charge in [0.05, 0.1) is 12.7 Å². The Hall–Kier alpha value is -1.06. The van der Waals surface area contributed by atoms with Crippen LogP contribution in [0.2, 0.25) is 0 Å². The number of phenolic OH excluding ortho intramolecular Hbond substituents is 1. The van der Waals surface area contributed by atoms with E-state index in [1.807, 2.05) is 13.0 Å². The monoisotopic (exact) mass is 276 g/mol. The van der Waals surface area contributed by atoms with Crippen LogP contribution in [0.5, 0.6) is 5.75 Å². The summed E-state index contributed by atoms with van der Waals surface area (Å²) >= 11 is 0. The summed E-state index contributed by atoms with van der Waals surface area (Å²) in [5, 5.41) is 9.65. The lowest BCUT2D eigenvalue weighted by Gasteiger charge is -2.41. The summed E-state index contributed by atoms with van der Waals surface area (Å²) in [4.78, 5) is 0. The van der Waals surface area contributed by atoms with Crippen molar-refractivity contribution in [2.75, 3.05) is 6.61 Å². The van der Waals surface area contributed by atoms with Crippen molar-refractivity contribution in [1.82, 2.24) is 0 Å². The predicted octanol–water partition coefficient (Wildman–Crippen LogP) is 3.74. The molecule has 4 atom stereocenters. The van der Waals surface area contributed by atoms with E-state index in [9.17, 15) is 5.11 Å². The number of ether oxygens (including phenoxy) is 2. The molecule has 0 amide bonds. The Balaban J connectivity index is 1.75. The highest BCUT2D eigenvalue weighted by Crippen LogP contribution is 2.47. The lowest BCUT2D eigenvalue weighted by molar-refractivity contribution is -0.218. The van der Waals surface area contributed by atoms with Crippen molar-refractivity contribution in [3.05, 3.63) is 29.3 Å². The maximum atomic E-state index is 9.65. The SMILES string of the molecule is Cc1cc(C2CCC3(OCC(C)O3)C(C)C2)ccc1O. The minimum absolute atomic E-state index is 0.213. The third kappa shape index (κ3) is 2.33. The number of rotatable bonds is 1. The molecule has 3 nitrogen and oxygen atoms in total. The number of benzene rings is 1. The van der Waals surface area contributed by atoms with Gasteiger partial charge >= 0.3 is 0 Å². The molecule has 4 unspecified atom stereocenters. The van der Waals surface area contributed by atoms with E-state index in [0.29, 0.717) is 24.2 Å². The van der Waals surface area contributed by atoms with Crippen LogP contribution in [-0.4, -0.2) is 23.6 Å². The van der Waals surface area contributed by atoms with Gasteiger partial charge in [0, 0.05) is 12.3 Å². The molecule has 110 valence electrons. The molecule has 1 heterocycles. The second-order valence-corrected chi connectivity index (χ2v) is 6.47. The molecule has 1 aromatic carbocycles. The van der Waals surface area contributed by atoms with Crippen LogP contribution >= 0.6 is 0 Å². The topological polar surface area (TPSA) is 38.7 Å². The van der Waals surface area contributed by atoms with Gasteiger partial charge in [-0.05, 0) is 49.8 Å².